The summed E-state index contributed by atoms with van der Waals surface area (Å²) >= 11 is 0. The molecule has 0 N–H and O–H groups in total. The molecule has 27 heavy (non-hydrogen) atoms. The van der Waals surface area contributed by atoms with Crippen molar-refractivity contribution in [2.24, 2.45) is 17.8 Å². The molecule has 4 rings (SSSR count). The average molecular weight is 391 g/mol. The lowest BCUT2D eigenvalue weighted by Gasteiger charge is -2.34. The highest BCUT2D eigenvalue weighted by Crippen LogP contribution is 2.39. The molecule has 0 bridgehead atoms. The van der Waals surface area contributed by atoms with Crippen molar-refractivity contribution >= 4 is 21.6 Å². The van der Waals surface area contributed by atoms with E-state index in [2.05, 4.69) is 20.8 Å². The predicted octanol–water partition coefficient (Wildman–Crippen LogP) is 3.43. The van der Waals surface area contributed by atoms with E-state index in [9.17, 15) is 13.2 Å². The van der Waals surface area contributed by atoms with Crippen molar-refractivity contribution in [3.63, 3.8) is 0 Å². The second-order valence-corrected chi connectivity index (χ2v) is 10.9. The Labute approximate surface area is 162 Å². The molecule has 1 saturated carbocycles. The number of piperidine rings is 1. The zero-order chi connectivity index (χ0) is 19.3. The second-order valence-electron chi connectivity index (χ2n) is 8.95. The maximum absolute atomic E-state index is 13.2. The number of carbonyl (C=O) groups excluding carboxylic acids is 1. The van der Waals surface area contributed by atoms with Crippen molar-refractivity contribution in [2.45, 2.75) is 63.8 Å². The van der Waals surface area contributed by atoms with Gasteiger partial charge in [-0.2, -0.15) is 4.31 Å². The Morgan fingerprint density at radius 3 is 2.33 bits per heavy atom. The summed E-state index contributed by atoms with van der Waals surface area (Å²) in [4.78, 5) is 15.1. The van der Waals surface area contributed by atoms with Crippen molar-refractivity contribution in [3.05, 3.63) is 23.8 Å². The molecule has 5 nitrogen and oxygen atoms in total. The first kappa shape index (κ1) is 18.9. The molecule has 2 aliphatic heterocycles. The highest BCUT2D eigenvalue weighted by molar-refractivity contribution is 7.89. The van der Waals surface area contributed by atoms with E-state index in [1.807, 2.05) is 11.0 Å². The minimum absolute atomic E-state index is 0.0982. The maximum atomic E-state index is 13.2. The Kier molecular flexibility index (Phi) is 4.83. The molecule has 0 spiro atoms. The lowest BCUT2D eigenvalue weighted by molar-refractivity contribution is -0.125. The Morgan fingerprint density at radius 2 is 1.74 bits per heavy atom. The number of carbonyl (C=O) groups is 1. The molecule has 1 aliphatic carbocycles. The maximum Gasteiger partial charge on any atom is 0.243 e. The molecular weight excluding hydrogens is 360 g/mol. The number of amides is 1. The zero-order valence-corrected chi connectivity index (χ0v) is 17.3. The van der Waals surface area contributed by atoms with E-state index < -0.39 is 10.0 Å². The second kappa shape index (κ2) is 6.89. The fourth-order valence-electron chi connectivity index (χ4n) is 4.91. The van der Waals surface area contributed by atoms with Crippen LogP contribution in [0.2, 0.25) is 0 Å². The van der Waals surface area contributed by atoms with Crippen LogP contribution in [0.15, 0.2) is 23.1 Å². The van der Waals surface area contributed by atoms with Crippen LogP contribution in [0.5, 0.6) is 0 Å². The average Bonchev–Trinajstić information content (AvgIpc) is 2.87. The quantitative estimate of drug-likeness (QED) is 0.794. The molecule has 1 aromatic rings. The number of benzene rings is 1. The fourth-order valence-corrected chi connectivity index (χ4v) is 6.64. The Morgan fingerprint density at radius 1 is 1.07 bits per heavy atom. The van der Waals surface area contributed by atoms with Gasteiger partial charge in [0.2, 0.25) is 15.9 Å². The van der Waals surface area contributed by atoms with Crippen LogP contribution in [-0.4, -0.2) is 37.8 Å². The Hall–Kier alpha value is -1.40. The molecule has 1 aromatic carbocycles. The van der Waals surface area contributed by atoms with Crippen molar-refractivity contribution in [1.82, 2.24) is 4.31 Å². The molecule has 0 radical (unpaired) electrons. The monoisotopic (exact) mass is 390 g/mol. The van der Waals surface area contributed by atoms with Crippen LogP contribution >= 0.6 is 0 Å². The summed E-state index contributed by atoms with van der Waals surface area (Å²) in [6, 6.07) is 5.44. The highest BCUT2D eigenvalue weighted by Gasteiger charge is 2.38. The summed E-state index contributed by atoms with van der Waals surface area (Å²) in [7, 11) is -3.48. The van der Waals surface area contributed by atoms with Gasteiger partial charge in [0.05, 0.1) is 4.90 Å². The van der Waals surface area contributed by atoms with E-state index in [0.717, 1.165) is 43.4 Å². The molecule has 2 heterocycles. The van der Waals surface area contributed by atoms with Gasteiger partial charge in [0, 0.05) is 30.7 Å². The van der Waals surface area contributed by atoms with Crippen LogP contribution in [-0.2, 0) is 21.2 Å². The van der Waals surface area contributed by atoms with Crippen molar-refractivity contribution in [3.8, 4) is 0 Å². The molecular formula is C21H30N2O3S. The molecule has 3 aliphatic rings. The van der Waals surface area contributed by atoms with E-state index >= 15 is 0 Å². The molecule has 1 saturated heterocycles. The molecule has 3 atom stereocenters. The SMILES string of the molecule is C[C@@H]1C[C@@H](C)CN(S(=O)(=O)c2ccc3c(c2)C[C@@H](C)N3C(=O)C2CCC2)C1. The van der Waals surface area contributed by atoms with Crippen molar-refractivity contribution < 1.29 is 13.2 Å². The van der Waals surface area contributed by atoms with Gasteiger partial charge >= 0.3 is 0 Å². The third-order valence-corrected chi connectivity index (χ3v) is 8.26. The number of anilines is 1. The van der Waals surface area contributed by atoms with E-state index in [1.165, 1.54) is 0 Å². The summed E-state index contributed by atoms with van der Waals surface area (Å²) < 4.78 is 28.0. The minimum Gasteiger partial charge on any atom is -0.309 e. The number of sulfonamides is 1. The van der Waals surface area contributed by atoms with Crippen LogP contribution in [0.1, 0.15) is 52.0 Å². The first-order chi connectivity index (χ1) is 12.8. The third kappa shape index (κ3) is 3.31. The lowest BCUT2D eigenvalue weighted by Crippen LogP contribution is -2.42. The minimum atomic E-state index is -3.48. The summed E-state index contributed by atoms with van der Waals surface area (Å²) in [5.41, 5.74) is 1.88. The molecule has 6 heteroatoms. The van der Waals surface area contributed by atoms with Crippen LogP contribution in [0.25, 0.3) is 0 Å². The van der Waals surface area contributed by atoms with E-state index in [0.29, 0.717) is 29.8 Å². The first-order valence-corrected chi connectivity index (χ1v) is 11.7. The number of hydrogen-bond donors (Lipinski definition) is 0. The molecule has 0 unspecified atom stereocenters. The predicted molar refractivity (Wildman–Crippen MR) is 106 cm³/mol. The van der Waals surface area contributed by atoms with E-state index in [-0.39, 0.29) is 17.9 Å². The van der Waals surface area contributed by atoms with Gasteiger partial charge in [0.1, 0.15) is 0 Å². The van der Waals surface area contributed by atoms with Gasteiger partial charge in [-0.05, 0) is 68.2 Å². The largest absolute Gasteiger partial charge is 0.309 e. The highest BCUT2D eigenvalue weighted by atomic mass is 32.2. The summed E-state index contributed by atoms with van der Waals surface area (Å²) in [6.07, 6.45) is 4.90. The van der Waals surface area contributed by atoms with Gasteiger partial charge in [0.15, 0.2) is 0 Å². The summed E-state index contributed by atoms with van der Waals surface area (Å²) in [5.74, 6) is 1.13. The van der Waals surface area contributed by atoms with Gasteiger partial charge in [-0.15, -0.1) is 0 Å². The standard InChI is InChI=1S/C21H30N2O3S/c1-14-9-15(2)13-22(12-14)27(25,26)19-7-8-20-18(11-19)10-16(3)23(20)21(24)17-5-4-6-17/h7-8,11,14-17H,4-6,9-10,12-13H2,1-3H3/t14-,15-,16-/m1/s1. The topological polar surface area (TPSA) is 57.7 Å². The molecule has 2 fully saturated rings. The number of nitrogens with zero attached hydrogens (tertiary/aromatic N) is 2. The van der Waals surface area contributed by atoms with Crippen LogP contribution < -0.4 is 4.90 Å². The first-order valence-electron chi connectivity index (χ1n) is 10.2. The lowest BCUT2D eigenvalue weighted by atomic mass is 9.84. The van der Waals surface area contributed by atoms with Gasteiger partial charge in [-0.3, -0.25) is 4.79 Å². The van der Waals surface area contributed by atoms with Crippen LogP contribution in [0.4, 0.5) is 5.69 Å². The molecule has 0 aromatic heterocycles. The molecule has 148 valence electrons. The van der Waals surface area contributed by atoms with E-state index in [4.69, 9.17) is 0 Å². The van der Waals surface area contributed by atoms with Gasteiger partial charge in [-0.25, -0.2) is 8.42 Å². The van der Waals surface area contributed by atoms with Gasteiger partial charge < -0.3 is 4.90 Å². The van der Waals surface area contributed by atoms with Gasteiger partial charge in [0.25, 0.3) is 0 Å². The Balaban J connectivity index is 1.62. The summed E-state index contributed by atoms with van der Waals surface area (Å²) in [5, 5.41) is 0. The van der Waals surface area contributed by atoms with Crippen molar-refractivity contribution in [1.29, 1.82) is 0 Å². The normalized spacial score (nSPS) is 29.4. The van der Waals surface area contributed by atoms with E-state index in [1.54, 1.807) is 16.4 Å². The number of hydrogen-bond acceptors (Lipinski definition) is 3. The number of fused-ring (bicyclic) bond motifs is 1. The molecule has 1 amide bonds. The van der Waals surface area contributed by atoms with Gasteiger partial charge in [-0.1, -0.05) is 20.3 Å². The number of rotatable bonds is 3. The van der Waals surface area contributed by atoms with Crippen LogP contribution in [0, 0.1) is 17.8 Å². The third-order valence-electron chi connectivity index (χ3n) is 6.43. The zero-order valence-electron chi connectivity index (χ0n) is 16.5. The van der Waals surface area contributed by atoms with Crippen LogP contribution in [0.3, 0.4) is 0 Å². The summed E-state index contributed by atoms with van der Waals surface area (Å²) in [6.45, 7) is 7.47. The fraction of sp³-hybridized carbons (Fsp3) is 0.667. The van der Waals surface area contributed by atoms with Crippen molar-refractivity contribution in [2.75, 3.05) is 18.0 Å². The smallest absolute Gasteiger partial charge is 0.243 e. The Bertz CT molecular complexity index is 837.